The zero-order valence-corrected chi connectivity index (χ0v) is 16.0. The van der Waals surface area contributed by atoms with Gasteiger partial charge in [-0.15, -0.1) is 0 Å². The largest absolute Gasteiger partial charge is 0.397 e. The Morgan fingerprint density at radius 2 is 2.07 bits per heavy atom. The van der Waals surface area contributed by atoms with Crippen LogP contribution in [0.1, 0.15) is 25.3 Å². The highest BCUT2D eigenvalue weighted by Crippen LogP contribution is 2.23. The third-order valence-corrected chi connectivity index (χ3v) is 5.05. The average Bonchev–Trinajstić information content (AvgIpc) is 2.67. The number of carbonyl (C=O) groups is 1. The summed E-state index contributed by atoms with van der Waals surface area (Å²) in [6, 6.07) is 7.75. The molecule has 144 valence electrons. The number of piperidine rings is 1. The molecule has 1 aliphatic heterocycles. The minimum Gasteiger partial charge on any atom is -0.397 e. The van der Waals surface area contributed by atoms with Crippen LogP contribution in [-0.2, 0) is 4.79 Å². The smallest absolute Gasteiger partial charge is 0.228 e. The van der Waals surface area contributed by atoms with E-state index in [1.807, 2.05) is 24.3 Å². The van der Waals surface area contributed by atoms with Crippen LogP contribution in [0, 0.1) is 5.92 Å². The highest BCUT2D eigenvalue weighted by Gasteiger charge is 2.24. The van der Waals surface area contributed by atoms with Gasteiger partial charge in [-0.25, -0.2) is 10.8 Å². The number of nitrogens with zero attached hydrogens (tertiary/aromatic N) is 3. The number of hydrazine groups is 1. The average molecular weight is 368 g/mol. The molecular weight excluding hydrogens is 340 g/mol. The second kappa shape index (κ2) is 8.37. The molecule has 27 heavy (non-hydrogen) atoms. The maximum Gasteiger partial charge on any atom is 0.228 e. The molecule has 0 spiro atoms. The van der Waals surface area contributed by atoms with Gasteiger partial charge in [0.1, 0.15) is 5.82 Å². The third kappa shape index (κ3) is 4.75. The molecular formula is C20H28N6O. The summed E-state index contributed by atoms with van der Waals surface area (Å²) in [5, 5.41) is 6.35. The van der Waals surface area contributed by atoms with Crippen LogP contribution in [0.3, 0.4) is 0 Å². The van der Waals surface area contributed by atoms with Crippen LogP contribution in [0.2, 0.25) is 0 Å². The highest BCUT2D eigenvalue weighted by molar-refractivity contribution is 5.94. The molecule has 1 saturated heterocycles. The van der Waals surface area contributed by atoms with Crippen molar-refractivity contribution in [2.75, 3.05) is 32.0 Å². The van der Waals surface area contributed by atoms with Crippen molar-refractivity contribution in [2.24, 2.45) is 17.5 Å². The molecule has 0 aliphatic carbocycles. The Morgan fingerprint density at radius 1 is 1.33 bits per heavy atom. The number of rotatable bonds is 5. The first-order valence-electron chi connectivity index (χ1n) is 9.34. The second-order valence-corrected chi connectivity index (χ2v) is 7.08. The number of fused-ring (bicyclic) bond motifs is 1. The van der Waals surface area contributed by atoms with Gasteiger partial charge in [0.2, 0.25) is 5.91 Å². The van der Waals surface area contributed by atoms with Gasteiger partial charge in [0.25, 0.3) is 0 Å². The van der Waals surface area contributed by atoms with Gasteiger partial charge in [-0.2, -0.15) is 0 Å². The molecule has 3 rings (SSSR count). The number of carbonyl (C=O) groups excluding carboxylic acids is 1. The summed E-state index contributed by atoms with van der Waals surface area (Å²) in [5.74, 6) is 6.30. The number of nitrogens with one attached hydrogen (secondary N) is 1. The molecule has 0 bridgehead atoms. The first kappa shape index (κ1) is 19.1. The molecule has 2 aromatic rings. The number of likely N-dealkylation sites (tertiary alicyclic amines) is 1. The first-order chi connectivity index (χ1) is 13.0. The molecule has 1 aromatic heterocycles. The summed E-state index contributed by atoms with van der Waals surface area (Å²) in [7, 11) is 1.72. The number of hydrogen-bond acceptors (Lipinski definition) is 6. The lowest BCUT2D eigenvalue weighted by atomic mass is 9.96. The summed E-state index contributed by atoms with van der Waals surface area (Å²) in [5.41, 5.74) is 7.52. The molecule has 1 fully saturated rings. The fraction of sp³-hybridized carbons (Fsp3) is 0.400. The van der Waals surface area contributed by atoms with E-state index in [0.717, 1.165) is 48.8 Å². The number of aromatic nitrogens is 1. The first-order valence-corrected chi connectivity index (χ1v) is 9.34. The van der Waals surface area contributed by atoms with Crippen molar-refractivity contribution in [2.45, 2.75) is 19.8 Å². The zero-order chi connectivity index (χ0) is 19.4. The maximum atomic E-state index is 12.6. The molecule has 1 amide bonds. The van der Waals surface area contributed by atoms with Crippen LogP contribution in [0.25, 0.3) is 16.5 Å². The highest BCUT2D eigenvalue weighted by atomic mass is 16.1. The van der Waals surface area contributed by atoms with Crippen LogP contribution in [0.15, 0.2) is 36.7 Å². The third-order valence-electron chi connectivity index (χ3n) is 5.05. The number of nitrogens with two attached hydrogens (primary N) is 2. The van der Waals surface area contributed by atoms with Crippen molar-refractivity contribution >= 4 is 28.2 Å². The lowest BCUT2D eigenvalue weighted by molar-refractivity contribution is -0.121. The number of amides is 1. The lowest BCUT2D eigenvalue weighted by Gasteiger charge is -2.30. The summed E-state index contributed by atoms with van der Waals surface area (Å²) >= 11 is 0. The summed E-state index contributed by atoms with van der Waals surface area (Å²) in [6.45, 7) is 5.15. The predicted molar refractivity (Wildman–Crippen MR) is 109 cm³/mol. The topological polar surface area (TPSA) is 101 Å². The lowest BCUT2D eigenvalue weighted by Crippen LogP contribution is -2.38. The minimum absolute atomic E-state index is 0.0512. The van der Waals surface area contributed by atoms with E-state index in [9.17, 15) is 4.79 Å². The van der Waals surface area contributed by atoms with Gasteiger partial charge >= 0.3 is 0 Å². The zero-order valence-electron chi connectivity index (χ0n) is 16.0. The van der Waals surface area contributed by atoms with Gasteiger partial charge in [0, 0.05) is 30.7 Å². The van der Waals surface area contributed by atoms with Crippen molar-refractivity contribution < 1.29 is 4.79 Å². The van der Waals surface area contributed by atoms with Gasteiger partial charge in [-0.1, -0.05) is 19.1 Å². The van der Waals surface area contributed by atoms with Gasteiger partial charge in [-0.3, -0.25) is 4.79 Å². The van der Waals surface area contributed by atoms with Crippen LogP contribution in [0.4, 0.5) is 5.82 Å². The predicted octanol–water partition coefficient (Wildman–Crippen LogP) is 1.97. The van der Waals surface area contributed by atoms with Gasteiger partial charge < -0.3 is 21.0 Å². The number of anilines is 1. The summed E-state index contributed by atoms with van der Waals surface area (Å²) in [6.07, 6.45) is 5.22. The number of hydrogen-bond donors (Lipinski definition) is 3. The molecule has 5 N–H and O–H groups in total. The molecule has 1 aliphatic rings. The SMILES string of the molecule is CCN1CCC(C(=O)Nc2cc3cc(/C(N)=C/N(C)N)ccc3cn2)CC1. The van der Waals surface area contributed by atoms with E-state index < -0.39 is 0 Å². The molecule has 0 saturated carbocycles. The number of benzene rings is 1. The van der Waals surface area contributed by atoms with Crippen molar-refractivity contribution in [3.63, 3.8) is 0 Å². The van der Waals surface area contributed by atoms with Crippen LogP contribution < -0.4 is 16.9 Å². The van der Waals surface area contributed by atoms with E-state index in [1.54, 1.807) is 19.4 Å². The van der Waals surface area contributed by atoms with Gasteiger partial charge in [0.15, 0.2) is 0 Å². The Kier molecular flexibility index (Phi) is 5.93. The normalized spacial score (nSPS) is 16.5. The molecule has 0 atom stereocenters. The van der Waals surface area contributed by atoms with Crippen molar-refractivity contribution in [3.8, 4) is 0 Å². The maximum absolute atomic E-state index is 12.6. The minimum atomic E-state index is 0.0512. The van der Waals surface area contributed by atoms with E-state index >= 15 is 0 Å². The Labute approximate surface area is 160 Å². The van der Waals surface area contributed by atoms with E-state index in [2.05, 4.69) is 22.1 Å². The van der Waals surface area contributed by atoms with Crippen molar-refractivity contribution in [3.05, 3.63) is 42.2 Å². The standard InChI is InChI=1S/C20H28N6O/c1-3-26-8-6-14(7-9-26)20(27)24-19-11-17-10-15(18(21)13-25(2)22)4-5-16(17)12-23-19/h4-5,10-14H,3,6-9,21-22H2,1-2H3,(H,23,24,27)/b18-13-. The quantitative estimate of drug-likeness (QED) is 0.551. The number of pyridine rings is 1. The van der Waals surface area contributed by atoms with Crippen molar-refractivity contribution in [1.29, 1.82) is 0 Å². The van der Waals surface area contributed by atoms with E-state index in [1.165, 1.54) is 5.01 Å². The Balaban J connectivity index is 1.74. The fourth-order valence-corrected chi connectivity index (χ4v) is 3.42. The van der Waals surface area contributed by atoms with E-state index in [4.69, 9.17) is 11.6 Å². The summed E-state index contributed by atoms with van der Waals surface area (Å²) < 4.78 is 0. The second-order valence-electron chi connectivity index (χ2n) is 7.08. The Bertz CT molecular complexity index is 839. The monoisotopic (exact) mass is 368 g/mol. The van der Waals surface area contributed by atoms with Crippen LogP contribution >= 0.6 is 0 Å². The molecule has 0 unspecified atom stereocenters. The molecule has 2 heterocycles. The van der Waals surface area contributed by atoms with E-state index in [0.29, 0.717) is 11.5 Å². The Morgan fingerprint density at radius 3 is 2.74 bits per heavy atom. The molecule has 7 heteroatoms. The fourth-order valence-electron chi connectivity index (χ4n) is 3.42. The molecule has 1 aromatic carbocycles. The van der Waals surface area contributed by atoms with Gasteiger partial charge in [0.05, 0.1) is 5.70 Å². The van der Waals surface area contributed by atoms with Crippen LogP contribution in [0.5, 0.6) is 0 Å². The molecule has 7 nitrogen and oxygen atoms in total. The van der Waals surface area contributed by atoms with Crippen molar-refractivity contribution in [1.82, 2.24) is 14.9 Å². The molecule has 0 radical (unpaired) electrons. The Hall–Kier alpha value is -2.64. The summed E-state index contributed by atoms with van der Waals surface area (Å²) in [4.78, 5) is 19.3. The van der Waals surface area contributed by atoms with Crippen LogP contribution in [-0.4, -0.2) is 47.5 Å². The van der Waals surface area contributed by atoms with E-state index in [-0.39, 0.29) is 11.8 Å². The van der Waals surface area contributed by atoms with Gasteiger partial charge in [-0.05, 0) is 55.6 Å².